The van der Waals surface area contributed by atoms with Crippen molar-refractivity contribution in [3.63, 3.8) is 0 Å². The third kappa shape index (κ3) is 2.69. The first-order chi connectivity index (χ1) is 10.2. The number of fused-ring (bicyclic) bond motifs is 1. The lowest BCUT2D eigenvalue weighted by molar-refractivity contribution is -0.117. The first-order valence-corrected chi connectivity index (χ1v) is 7.29. The molecule has 0 aromatic heterocycles. The average molecular weight is 280 g/mol. The Morgan fingerprint density at radius 2 is 1.76 bits per heavy atom. The fourth-order valence-corrected chi connectivity index (χ4v) is 3.00. The minimum Gasteiger partial charge on any atom is -0.358 e. The molecule has 2 atom stereocenters. The summed E-state index contributed by atoms with van der Waals surface area (Å²) < 4.78 is 0. The zero-order chi connectivity index (χ0) is 14.8. The Bertz CT molecular complexity index is 639. The minimum atomic E-state index is 0.0302. The van der Waals surface area contributed by atoms with Crippen LogP contribution in [0.1, 0.15) is 30.5 Å². The molecule has 2 aromatic rings. The average Bonchev–Trinajstić information content (AvgIpc) is 2.51. The predicted molar refractivity (Wildman–Crippen MR) is 85.4 cm³/mol. The van der Waals surface area contributed by atoms with Gasteiger partial charge in [0.25, 0.3) is 0 Å². The van der Waals surface area contributed by atoms with Crippen molar-refractivity contribution in [1.82, 2.24) is 5.32 Å². The molecule has 1 aliphatic heterocycles. The fourth-order valence-electron chi connectivity index (χ4n) is 3.00. The number of carbonyl (C=O) groups excluding carboxylic acids is 1. The summed E-state index contributed by atoms with van der Waals surface area (Å²) in [5.74, 6) is 0.200. The van der Waals surface area contributed by atoms with Crippen LogP contribution in [0.5, 0.6) is 0 Å². The molecule has 0 fully saturated rings. The second kappa shape index (κ2) is 5.70. The van der Waals surface area contributed by atoms with E-state index in [9.17, 15) is 4.79 Å². The highest BCUT2D eigenvalue weighted by Gasteiger charge is 2.30. The van der Waals surface area contributed by atoms with Crippen LogP contribution < -0.4 is 10.2 Å². The molecule has 1 N–H and O–H groups in total. The fraction of sp³-hybridized carbons (Fsp3) is 0.278. The highest BCUT2D eigenvalue weighted by atomic mass is 16.1. The van der Waals surface area contributed by atoms with Gasteiger partial charge < -0.3 is 4.90 Å². The topological polar surface area (TPSA) is 32.3 Å². The van der Waals surface area contributed by atoms with Crippen molar-refractivity contribution in [2.45, 2.75) is 25.6 Å². The standard InChI is InChI=1S/C18H20N2O/c1-13(21)12-17-19-18(14-8-4-3-5-9-14)15-10-6-7-11-16(15)20(17)2/h3-11,17-19H,12H2,1-2H3. The van der Waals surface area contributed by atoms with Gasteiger partial charge in [0.15, 0.2) is 0 Å². The first-order valence-electron chi connectivity index (χ1n) is 7.29. The number of hydrogen-bond acceptors (Lipinski definition) is 3. The van der Waals surface area contributed by atoms with Gasteiger partial charge in [0.2, 0.25) is 0 Å². The molecule has 0 radical (unpaired) electrons. The summed E-state index contributed by atoms with van der Waals surface area (Å²) in [5.41, 5.74) is 3.67. The number of rotatable bonds is 3. The van der Waals surface area contributed by atoms with E-state index >= 15 is 0 Å². The molecule has 21 heavy (non-hydrogen) atoms. The molecule has 0 saturated carbocycles. The molecule has 3 heteroatoms. The summed E-state index contributed by atoms with van der Waals surface area (Å²) in [6.07, 6.45) is 0.538. The third-order valence-corrected chi connectivity index (χ3v) is 4.07. The van der Waals surface area contributed by atoms with E-state index in [0.29, 0.717) is 6.42 Å². The van der Waals surface area contributed by atoms with Crippen LogP contribution in [-0.4, -0.2) is 19.0 Å². The maximum absolute atomic E-state index is 11.5. The maximum Gasteiger partial charge on any atom is 0.133 e. The highest BCUT2D eigenvalue weighted by Crippen LogP contribution is 2.35. The zero-order valence-corrected chi connectivity index (χ0v) is 12.4. The molecule has 3 rings (SSSR count). The van der Waals surface area contributed by atoms with Crippen molar-refractivity contribution in [2.75, 3.05) is 11.9 Å². The van der Waals surface area contributed by atoms with Crippen LogP contribution in [0.25, 0.3) is 0 Å². The highest BCUT2D eigenvalue weighted by molar-refractivity contribution is 5.77. The molecule has 1 aliphatic rings. The molecule has 0 saturated heterocycles. The van der Waals surface area contributed by atoms with Gasteiger partial charge >= 0.3 is 0 Å². The Morgan fingerprint density at radius 1 is 1.10 bits per heavy atom. The Hall–Kier alpha value is -2.13. The Kier molecular flexibility index (Phi) is 3.76. The quantitative estimate of drug-likeness (QED) is 0.937. The molecule has 1 heterocycles. The monoisotopic (exact) mass is 280 g/mol. The van der Waals surface area contributed by atoms with Crippen LogP contribution in [0.3, 0.4) is 0 Å². The van der Waals surface area contributed by atoms with E-state index in [0.717, 1.165) is 0 Å². The molecule has 108 valence electrons. The number of benzene rings is 2. The molecular formula is C18H20N2O. The van der Waals surface area contributed by atoms with Crippen molar-refractivity contribution in [2.24, 2.45) is 0 Å². The summed E-state index contributed by atoms with van der Waals surface area (Å²) in [5, 5.41) is 3.61. The van der Waals surface area contributed by atoms with Crippen LogP contribution in [0.4, 0.5) is 5.69 Å². The lowest BCUT2D eigenvalue weighted by atomic mass is 9.93. The van der Waals surface area contributed by atoms with Gasteiger partial charge in [-0.05, 0) is 24.1 Å². The van der Waals surface area contributed by atoms with E-state index in [1.807, 2.05) is 19.2 Å². The van der Waals surface area contributed by atoms with Crippen LogP contribution >= 0.6 is 0 Å². The normalized spacial score (nSPS) is 21.0. The lowest BCUT2D eigenvalue weighted by Gasteiger charge is -2.41. The van der Waals surface area contributed by atoms with Crippen molar-refractivity contribution in [3.05, 3.63) is 65.7 Å². The van der Waals surface area contributed by atoms with Crippen LogP contribution in [0.2, 0.25) is 0 Å². The minimum absolute atomic E-state index is 0.0302. The van der Waals surface area contributed by atoms with Gasteiger partial charge in [-0.1, -0.05) is 48.5 Å². The van der Waals surface area contributed by atoms with E-state index in [-0.39, 0.29) is 18.0 Å². The third-order valence-electron chi connectivity index (χ3n) is 4.07. The summed E-state index contributed by atoms with van der Waals surface area (Å²) in [4.78, 5) is 13.7. The number of anilines is 1. The van der Waals surface area contributed by atoms with E-state index in [4.69, 9.17) is 0 Å². The largest absolute Gasteiger partial charge is 0.358 e. The van der Waals surface area contributed by atoms with E-state index < -0.39 is 0 Å². The Morgan fingerprint density at radius 3 is 2.48 bits per heavy atom. The van der Waals surface area contributed by atoms with E-state index in [2.05, 4.69) is 52.7 Å². The SMILES string of the molecule is CC(=O)CC1NC(c2ccccc2)c2ccccc2N1C. The van der Waals surface area contributed by atoms with Gasteiger partial charge in [-0.15, -0.1) is 0 Å². The Labute approximate surface area is 125 Å². The first kappa shape index (κ1) is 13.8. The second-order valence-electron chi connectivity index (χ2n) is 5.60. The van der Waals surface area contributed by atoms with Crippen molar-refractivity contribution >= 4 is 11.5 Å². The van der Waals surface area contributed by atoms with Gasteiger partial charge in [-0.3, -0.25) is 10.1 Å². The number of nitrogens with zero attached hydrogens (tertiary/aromatic N) is 1. The van der Waals surface area contributed by atoms with E-state index in [1.165, 1.54) is 16.8 Å². The van der Waals surface area contributed by atoms with Gasteiger partial charge in [-0.25, -0.2) is 0 Å². The van der Waals surface area contributed by atoms with Crippen LogP contribution in [-0.2, 0) is 4.79 Å². The molecule has 0 aliphatic carbocycles. The van der Waals surface area contributed by atoms with Crippen molar-refractivity contribution < 1.29 is 4.79 Å². The van der Waals surface area contributed by atoms with Crippen LogP contribution in [0, 0.1) is 0 Å². The number of ketones is 1. The molecule has 2 unspecified atom stereocenters. The summed E-state index contributed by atoms with van der Waals surface area (Å²) >= 11 is 0. The Balaban J connectivity index is 2.03. The van der Waals surface area contributed by atoms with Gasteiger partial charge in [0.1, 0.15) is 5.78 Å². The van der Waals surface area contributed by atoms with Crippen molar-refractivity contribution in [1.29, 1.82) is 0 Å². The summed E-state index contributed by atoms with van der Waals surface area (Å²) in [6.45, 7) is 1.65. The molecule has 2 aromatic carbocycles. The molecule has 0 amide bonds. The zero-order valence-electron chi connectivity index (χ0n) is 12.4. The van der Waals surface area contributed by atoms with Gasteiger partial charge in [0.05, 0.1) is 12.2 Å². The smallest absolute Gasteiger partial charge is 0.133 e. The molecular weight excluding hydrogens is 260 g/mol. The molecule has 0 spiro atoms. The number of para-hydroxylation sites is 1. The van der Waals surface area contributed by atoms with Crippen molar-refractivity contribution in [3.8, 4) is 0 Å². The van der Waals surface area contributed by atoms with Gasteiger partial charge in [-0.2, -0.15) is 0 Å². The number of Topliss-reactive ketones (excluding diaryl/α,β-unsaturated/α-hetero) is 1. The lowest BCUT2D eigenvalue weighted by Crippen LogP contribution is -2.50. The second-order valence-corrected chi connectivity index (χ2v) is 5.60. The predicted octanol–water partition coefficient (Wildman–Crippen LogP) is 3.12. The number of carbonyl (C=O) groups is 1. The molecule has 3 nitrogen and oxygen atoms in total. The van der Waals surface area contributed by atoms with E-state index in [1.54, 1.807) is 6.92 Å². The van der Waals surface area contributed by atoms with Gasteiger partial charge in [0, 0.05) is 19.2 Å². The maximum atomic E-state index is 11.5. The summed E-state index contributed by atoms with van der Waals surface area (Å²) in [7, 11) is 2.04. The van der Waals surface area contributed by atoms with Crippen LogP contribution in [0.15, 0.2) is 54.6 Å². The number of nitrogens with one attached hydrogen (secondary N) is 1. The number of hydrogen-bond donors (Lipinski definition) is 1. The molecule has 0 bridgehead atoms. The summed E-state index contributed by atoms with van der Waals surface area (Å²) in [6, 6.07) is 18.9.